The molecule has 0 bridgehead atoms. The molecule has 2 aromatic carbocycles. The van der Waals surface area contributed by atoms with Crippen molar-refractivity contribution in [2.24, 2.45) is 0 Å². The summed E-state index contributed by atoms with van der Waals surface area (Å²) in [6.07, 6.45) is 4.12. The number of fused-ring (bicyclic) bond motifs is 1. The van der Waals surface area contributed by atoms with Crippen molar-refractivity contribution < 1.29 is 24.0 Å². The Morgan fingerprint density at radius 2 is 1.73 bits per heavy atom. The van der Waals surface area contributed by atoms with Gasteiger partial charge in [0.1, 0.15) is 5.69 Å². The highest BCUT2D eigenvalue weighted by atomic mass is 16.6. The van der Waals surface area contributed by atoms with E-state index in [1.165, 1.54) is 29.3 Å². The van der Waals surface area contributed by atoms with Crippen LogP contribution in [-0.4, -0.2) is 29.2 Å². The number of para-hydroxylation sites is 2. The van der Waals surface area contributed by atoms with E-state index in [4.69, 9.17) is 4.74 Å². The third kappa shape index (κ3) is 5.50. The van der Waals surface area contributed by atoms with Gasteiger partial charge >= 0.3 is 5.97 Å². The van der Waals surface area contributed by atoms with Crippen LogP contribution in [0, 0.1) is 10.1 Å². The Labute approximate surface area is 173 Å². The molecule has 30 heavy (non-hydrogen) atoms. The van der Waals surface area contributed by atoms with Gasteiger partial charge < -0.3 is 10.1 Å². The number of Topliss-reactive ketones (excluding diaryl/α,β-unsaturated/α-hetero) is 1. The summed E-state index contributed by atoms with van der Waals surface area (Å²) >= 11 is 0. The molecule has 1 aliphatic carbocycles. The van der Waals surface area contributed by atoms with E-state index in [1.54, 1.807) is 12.1 Å². The van der Waals surface area contributed by atoms with Gasteiger partial charge in [0.2, 0.25) is 0 Å². The van der Waals surface area contributed by atoms with Gasteiger partial charge in [-0.1, -0.05) is 24.3 Å². The van der Waals surface area contributed by atoms with Crippen molar-refractivity contribution in [3.63, 3.8) is 0 Å². The fraction of sp³-hybridized carbons (Fsp3) is 0.318. The number of hydrogen-bond acceptors (Lipinski definition) is 6. The topological polar surface area (TPSA) is 116 Å². The highest BCUT2D eigenvalue weighted by Gasteiger charge is 2.17. The minimum atomic E-state index is -0.696. The molecule has 0 spiro atoms. The minimum absolute atomic E-state index is 0.0105. The van der Waals surface area contributed by atoms with Crippen LogP contribution in [0.3, 0.4) is 0 Å². The van der Waals surface area contributed by atoms with Crippen molar-refractivity contribution in [1.29, 1.82) is 0 Å². The molecule has 0 radical (unpaired) electrons. The Hall–Kier alpha value is -3.55. The van der Waals surface area contributed by atoms with Crippen LogP contribution >= 0.6 is 0 Å². The van der Waals surface area contributed by atoms with Crippen LogP contribution in [0.15, 0.2) is 42.5 Å². The summed E-state index contributed by atoms with van der Waals surface area (Å²) in [7, 11) is 0. The van der Waals surface area contributed by atoms with E-state index < -0.39 is 23.4 Å². The maximum Gasteiger partial charge on any atom is 0.306 e. The summed E-state index contributed by atoms with van der Waals surface area (Å²) in [5.74, 6) is -1.53. The summed E-state index contributed by atoms with van der Waals surface area (Å²) < 4.78 is 4.88. The summed E-state index contributed by atoms with van der Waals surface area (Å²) in [4.78, 5) is 46.5. The lowest BCUT2D eigenvalue weighted by Crippen LogP contribution is -2.21. The third-order valence-electron chi connectivity index (χ3n) is 4.97. The lowest BCUT2D eigenvalue weighted by molar-refractivity contribution is -0.383. The molecule has 0 heterocycles. The summed E-state index contributed by atoms with van der Waals surface area (Å²) in [5, 5.41) is 13.3. The van der Waals surface area contributed by atoms with Gasteiger partial charge in [-0.05, 0) is 48.9 Å². The largest absolute Gasteiger partial charge is 0.456 e. The number of anilines is 1. The van der Waals surface area contributed by atoms with Crippen molar-refractivity contribution in [2.75, 3.05) is 11.9 Å². The first-order chi connectivity index (χ1) is 14.4. The van der Waals surface area contributed by atoms with Crippen molar-refractivity contribution >= 4 is 29.0 Å². The van der Waals surface area contributed by atoms with Crippen molar-refractivity contribution in [3.05, 3.63) is 69.3 Å². The van der Waals surface area contributed by atoms with Crippen LogP contribution in [0.2, 0.25) is 0 Å². The predicted molar refractivity (Wildman–Crippen MR) is 109 cm³/mol. The second-order valence-corrected chi connectivity index (χ2v) is 7.10. The molecule has 2 aromatic rings. The zero-order valence-electron chi connectivity index (χ0n) is 16.4. The first-order valence-corrected chi connectivity index (χ1v) is 9.78. The van der Waals surface area contributed by atoms with Crippen LogP contribution in [-0.2, 0) is 27.2 Å². The molecule has 8 nitrogen and oxygen atoms in total. The van der Waals surface area contributed by atoms with Gasteiger partial charge in [0.15, 0.2) is 12.4 Å². The molecule has 0 saturated heterocycles. The van der Waals surface area contributed by atoms with E-state index >= 15 is 0 Å². The van der Waals surface area contributed by atoms with Gasteiger partial charge in [0.05, 0.1) is 11.3 Å². The quantitative estimate of drug-likeness (QED) is 0.308. The van der Waals surface area contributed by atoms with E-state index in [2.05, 4.69) is 5.32 Å². The fourth-order valence-electron chi connectivity index (χ4n) is 3.41. The SMILES string of the molecule is O=C(COC(=O)CCC(=O)c1ccc2c(c1)CCCC2)Nc1ccccc1[N+](=O)[O-]. The zero-order valence-corrected chi connectivity index (χ0v) is 16.4. The van der Waals surface area contributed by atoms with Gasteiger partial charge in [0.25, 0.3) is 11.6 Å². The molecule has 1 N–H and O–H groups in total. The predicted octanol–water partition coefficient (Wildman–Crippen LogP) is 3.62. The molecular formula is C22H22N2O6. The number of ketones is 1. The van der Waals surface area contributed by atoms with Crippen LogP contribution in [0.1, 0.15) is 47.2 Å². The molecule has 8 heteroatoms. The van der Waals surface area contributed by atoms with Crippen LogP contribution in [0.25, 0.3) is 0 Å². The average molecular weight is 410 g/mol. The molecule has 156 valence electrons. The van der Waals surface area contributed by atoms with Crippen LogP contribution in [0.5, 0.6) is 0 Å². The smallest absolute Gasteiger partial charge is 0.306 e. The van der Waals surface area contributed by atoms with Crippen LogP contribution in [0.4, 0.5) is 11.4 Å². The molecule has 0 atom stereocenters. The van der Waals surface area contributed by atoms with Crippen LogP contribution < -0.4 is 5.32 Å². The Bertz CT molecular complexity index is 985. The number of nitrogens with zero attached hydrogens (tertiary/aromatic N) is 1. The number of nitro groups is 1. The van der Waals surface area contributed by atoms with Crippen molar-refractivity contribution in [1.82, 2.24) is 0 Å². The Balaban J connectivity index is 1.45. The maximum absolute atomic E-state index is 12.4. The number of esters is 1. The third-order valence-corrected chi connectivity index (χ3v) is 4.97. The summed E-state index contributed by atoms with van der Waals surface area (Å²) in [6, 6.07) is 11.3. The van der Waals surface area contributed by atoms with Gasteiger partial charge in [-0.25, -0.2) is 0 Å². The monoisotopic (exact) mass is 410 g/mol. The summed E-state index contributed by atoms with van der Waals surface area (Å²) in [5.41, 5.74) is 2.82. The molecule has 0 unspecified atom stereocenters. The van der Waals surface area contributed by atoms with Gasteiger partial charge in [0, 0.05) is 18.1 Å². The molecule has 0 fully saturated rings. The molecule has 0 saturated carbocycles. The number of rotatable bonds is 8. The first-order valence-electron chi connectivity index (χ1n) is 9.78. The zero-order chi connectivity index (χ0) is 21.5. The lowest BCUT2D eigenvalue weighted by Gasteiger charge is -2.16. The van der Waals surface area contributed by atoms with Gasteiger partial charge in [-0.15, -0.1) is 0 Å². The molecule has 0 aliphatic heterocycles. The van der Waals surface area contributed by atoms with Crippen molar-refractivity contribution in [2.45, 2.75) is 38.5 Å². The molecule has 1 aliphatic rings. The number of hydrogen-bond donors (Lipinski definition) is 1. The molecule has 1 amide bonds. The van der Waals surface area contributed by atoms with Gasteiger partial charge in [-0.2, -0.15) is 0 Å². The van der Waals surface area contributed by atoms with Crippen molar-refractivity contribution in [3.8, 4) is 0 Å². The lowest BCUT2D eigenvalue weighted by atomic mass is 9.89. The van der Waals surface area contributed by atoms with E-state index in [0.29, 0.717) is 5.56 Å². The Morgan fingerprint density at radius 1 is 1.00 bits per heavy atom. The Morgan fingerprint density at radius 3 is 2.50 bits per heavy atom. The number of benzene rings is 2. The number of aryl methyl sites for hydroxylation is 2. The number of amides is 1. The first kappa shape index (κ1) is 21.2. The second kappa shape index (κ2) is 9.78. The number of ether oxygens (including phenoxy) is 1. The normalized spacial score (nSPS) is 12.5. The van der Waals surface area contributed by atoms with E-state index in [0.717, 1.165) is 25.7 Å². The number of nitro benzene ring substituents is 1. The van der Waals surface area contributed by atoms with E-state index in [1.807, 2.05) is 12.1 Å². The molecular weight excluding hydrogens is 388 g/mol. The Kier molecular flexibility index (Phi) is 6.90. The average Bonchev–Trinajstić information content (AvgIpc) is 2.76. The number of nitrogens with one attached hydrogen (secondary N) is 1. The van der Waals surface area contributed by atoms with E-state index in [9.17, 15) is 24.5 Å². The maximum atomic E-state index is 12.4. The minimum Gasteiger partial charge on any atom is -0.456 e. The second-order valence-electron chi connectivity index (χ2n) is 7.10. The standard InChI is InChI=1S/C22H22N2O6/c25-20(17-10-9-15-5-1-2-6-16(15)13-17)11-12-22(27)30-14-21(26)23-18-7-3-4-8-19(18)24(28)29/h3-4,7-10,13H,1-2,5-6,11-12,14H2,(H,23,26). The molecule has 0 aromatic heterocycles. The van der Waals surface area contributed by atoms with Gasteiger partial charge in [-0.3, -0.25) is 24.5 Å². The van der Waals surface area contributed by atoms with E-state index in [-0.39, 0.29) is 30.0 Å². The molecule has 3 rings (SSSR count). The summed E-state index contributed by atoms with van der Waals surface area (Å²) in [6.45, 7) is -0.585. The highest BCUT2D eigenvalue weighted by Crippen LogP contribution is 2.24. The number of carbonyl (C=O) groups is 3. The number of carbonyl (C=O) groups excluding carboxylic acids is 3. The highest BCUT2D eigenvalue weighted by molar-refractivity contribution is 5.98. The fourth-order valence-corrected chi connectivity index (χ4v) is 3.41.